The summed E-state index contributed by atoms with van der Waals surface area (Å²) in [6, 6.07) is 14.4. The van der Waals surface area contributed by atoms with Gasteiger partial charge in [-0.25, -0.2) is 23.8 Å². The van der Waals surface area contributed by atoms with Crippen LogP contribution in [0.15, 0.2) is 64.4 Å². The Kier molecular flexibility index (Phi) is 6.72. The van der Waals surface area contributed by atoms with Gasteiger partial charge in [-0.15, -0.1) is 0 Å². The Labute approximate surface area is 230 Å². The number of amides is 2. The minimum absolute atomic E-state index is 0.0560. The number of nitrogens with one attached hydrogen (secondary N) is 5. The zero-order valence-corrected chi connectivity index (χ0v) is 22.8. The molecule has 0 aliphatic carbocycles. The van der Waals surface area contributed by atoms with Gasteiger partial charge in [-0.3, -0.25) is 15.4 Å². The maximum absolute atomic E-state index is 14.8. The third-order valence-electron chi connectivity index (χ3n) is 6.45. The lowest BCUT2D eigenvalue weighted by Crippen LogP contribution is -2.48. The van der Waals surface area contributed by atoms with Crippen LogP contribution in [-0.4, -0.2) is 44.8 Å². The molecule has 1 aliphatic heterocycles. The molecular weight excluding hydrogens is 513 g/mol. The van der Waals surface area contributed by atoms with Crippen molar-refractivity contribution in [3.05, 3.63) is 82.2 Å². The number of benzene rings is 2. The summed E-state index contributed by atoms with van der Waals surface area (Å²) in [7, 11) is 1.73. The number of anilines is 3. The molecule has 5 rings (SSSR count). The number of hydrogen-bond acceptors (Lipinski definition) is 7. The molecule has 3 heterocycles. The number of aromatic nitrogens is 4. The van der Waals surface area contributed by atoms with Crippen LogP contribution in [0.5, 0.6) is 0 Å². The molecule has 0 spiro atoms. The van der Waals surface area contributed by atoms with Crippen LogP contribution in [0.25, 0.3) is 16.9 Å². The van der Waals surface area contributed by atoms with Crippen molar-refractivity contribution in [2.75, 3.05) is 23.0 Å². The molecule has 4 aromatic rings. The van der Waals surface area contributed by atoms with Gasteiger partial charge < -0.3 is 15.6 Å². The predicted molar refractivity (Wildman–Crippen MR) is 154 cm³/mol. The number of H-pyrrole nitrogens is 1. The van der Waals surface area contributed by atoms with Gasteiger partial charge in [0.25, 0.3) is 5.56 Å². The van der Waals surface area contributed by atoms with Crippen LogP contribution in [-0.2, 0) is 5.41 Å². The largest absolute Gasteiger partial charge is 0.334 e. The monoisotopic (exact) mass is 543 g/mol. The molecule has 0 saturated heterocycles. The summed E-state index contributed by atoms with van der Waals surface area (Å²) in [5.41, 5.74) is 1.45. The third-order valence-corrected chi connectivity index (χ3v) is 6.45. The molecule has 206 valence electrons. The summed E-state index contributed by atoms with van der Waals surface area (Å²) in [4.78, 5) is 37.5. The summed E-state index contributed by atoms with van der Waals surface area (Å²) in [5.74, 6) is -0.639. The molecule has 0 radical (unpaired) electrons. The van der Waals surface area contributed by atoms with E-state index in [0.717, 1.165) is 11.4 Å². The highest BCUT2D eigenvalue weighted by atomic mass is 19.1. The third kappa shape index (κ3) is 5.34. The molecule has 1 aliphatic rings. The molecule has 0 bridgehead atoms. The maximum Gasteiger partial charge on any atom is 0.324 e. The zero-order chi connectivity index (χ0) is 28.7. The fraction of sp³-hybridized carbons (Fsp3) is 0.250. The lowest BCUT2D eigenvalue weighted by atomic mass is 9.92. The molecule has 5 N–H and O–H groups in total. The first-order valence-electron chi connectivity index (χ1n) is 12.7. The van der Waals surface area contributed by atoms with Crippen molar-refractivity contribution in [1.82, 2.24) is 25.1 Å². The predicted octanol–water partition coefficient (Wildman–Crippen LogP) is 4.44. The van der Waals surface area contributed by atoms with Gasteiger partial charge in [-0.05, 0) is 44.3 Å². The molecule has 1 atom stereocenters. The van der Waals surface area contributed by atoms with E-state index in [1.165, 1.54) is 18.2 Å². The first kappa shape index (κ1) is 26.8. The van der Waals surface area contributed by atoms with Crippen molar-refractivity contribution >= 4 is 29.6 Å². The SMILES string of the molecule is CNC1(C)N=Cc2nc(-c3ccc(F)c(NC(=O)Nc4cc(C(C)(C)C)nn4-c4ccccc4)c3)c(=O)[nH]c2N1. The van der Waals surface area contributed by atoms with Crippen molar-refractivity contribution in [2.24, 2.45) is 4.99 Å². The number of fused-ring (bicyclic) bond motifs is 1. The quantitative estimate of drug-likeness (QED) is 0.252. The van der Waals surface area contributed by atoms with Crippen molar-refractivity contribution in [2.45, 2.75) is 38.9 Å². The molecule has 1 unspecified atom stereocenters. The summed E-state index contributed by atoms with van der Waals surface area (Å²) in [5, 5.41) is 16.1. The first-order valence-corrected chi connectivity index (χ1v) is 12.7. The minimum atomic E-state index is -0.789. The summed E-state index contributed by atoms with van der Waals surface area (Å²) in [6.45, 7) is 7.87. The van der Waals surface area contributed by atoms with Gasteiger partial charge >= 0.3 is 6.03 Å². The molecule has 2 aromatic heterocycles. The molecule has 11 nitrogen and oxygen atoms in total. The first-order chi connectivity index (χ1) is 19.0. The second-order valence-corrected chi connectivity index (χ2v) is 10.6. The molecule has 0 fully saturated rings. The van der Waals surface area contributed by atoms with E-state index in [-0.39, 0.29) is 16.8 Å². The van der Waals surface area contributed by atoms with Crippen LogP contribution < -0.4 is 26.8 Å². The van der Waals surface area contributed by atoms with Crippen LogP contribution >= 0.6 is 0 Å². The van der Waals surface area contributed by atoms with Gasteiger partial charge in [-0.1, -0.05) is 39.0 Å². The fourth-order valence-electron chi connectivity index (χ4n) is 4.08. The number of halogens is 1. The Bertz CT molecular complexity index is 1670. The van der Waals surface area contributed by atoms with Gasteiger partial charge in [-0.2, -0.15) is 5.10 Å². The number of carbonyl (C=O) groups is 1. The van der Waals surface area contributed by atoms with Crippen LogP contribution in [0.4, 0.5) is 26.5 Å². The number of urea groups is 1. The van der Waals surface area contributed by atoms with Gasteiger partial charge in [0.05, 0.1) is 23.3 Å². The Morgan fingerprint density at radius 3 is 2.52 bits per heavy atom. The van der Waals surface area contributed by atoms with Crippen molar-refractivity contribution in [3.8, 4) is 16.9 Å². The van der Waals surface area contributed by atoms with E-state index in [4.69, 9.17) is 0 Å². The molecule has 2 aromatic carbocycles. The Morgan fingerprint density at radius 1 is 1.07 bits per heavy atom. The molecule has 40 heavy (non-hydrogen) atoms. The topological polar surface area (TPSA) is 141 Å². The Balaban J connectivity index is 1.42. The van der Waals surface area contributed by atoms with Gasteiger partial charge in [0, 0.05) is 17.0 Å². The van der Waals surface area contributed by atoms with E-state index >= 15 is 0 Å². The van der Waals surface area contributed by atoms with Crippen molar-refractivity contribution in [1.29, 1.82) is 0 Å². The lowest BCUT2D eigenvalue weighted by molar-refractivity contribution is 0.262. The van der Waals surface area contributed by atoms with E-state index in [9.17, 15) is 14.0 Å². The van der Waals surface area contributed by atoms with E-state index in [0.29, 0.717) is 22.9 Å². The second kappa shape index (κ2) is 10.0. The minimum Gasteiger partial charge on any atom is -0.334 e. The van der Waals surface area contributed by atoms with E-state index in [2.05, 4.69) is 41.3 Å². The maximum atomic E-state index is 14.8. The second-order valence-electron chi connectivity index (χ2n) is 10.6. The highest BCUT2D eigenvalue weighted by molar-refractivity contribution is 6.00. The molecule has 12 heteroatoms. The van der Waals surface area contributed by atoms with Gasteiger partial charge in [0.2, 0.25) is 0 Å². The summed E-state index contributed by atoms with van der Waals surface area (Å²) < 4.78 is 16.4. The van der Waals surface area contributed by atoms with E-state index in [1.54, 1.807) is 30.9 Å². The normalized spacial score (nSPS) is 16.2. The van der Waals surface area contributed by atoms with Gasteiger partial charge in [0.15, 0.2) is 5.79 Å². The number of rotatable bonds is 5. The van der Waals surface area contributed by atoms with E-state index < -0.39 is 23.2 Å². The molecule has 0 saturated carbocycles. The molecule has 2 amide bonds. The van der Waals surface area contributed by atoms with Crippen molar-refractivity contribution < 1.29 is 9.18 Å². The highest BCUT2D eigenvalue weighted by Gasteiger charge is 2.27. The average molecular weight is 544 g/mol. The smallest absolute Gasteiger partial charge is 0.324 e. The number of carbonyl (C=O) groups excluding carboxylic acids is 1. The van der Waals surface area contributed by atoms with Crippen molar-refractivity contribution in [3.63, 3.8) is 0 Å². The van der Waals surface area contributed by atoms with Crippen LogP contribution in [0.3, 0.4) is 0 Å². The Morgan fingerprint density at radius 2 is 1.82 bits per heavy atom. The number of aromatic amines is 1. The number of nitrogens with zero attached hydrogens (tertiary/aromatic N) is 4. The van der Waals surface area contributed by atoms with Gasteiger partial charge in [0.1, 0.15) is 28.8 Å². The summed E-state index contributed by atoms with van der Waals surface area (Å²) in [6.07, 6.45) is 1.54. The van der Waals surface area contributed by atoms with Crippen LogP contribution in [0.2, 0.25) is 0 Å². The summed E-state index contributed by atoms with van der Waals surface area (Å²) >= 11 is 0. The van der Waals surface area contributed by atoms with Crippen LogP contribution in [0.1, 0.15) is 39.1 Å². The number of hydrogen-bond donors (Lipinski definition) is 5. The lowest BCUT2D eigenvalue weighted by Gasteiger charge is -2.30. The number of para-hydroxylation sites is 1. The fourth-order valence-corrected chi connectivity index (χ4v) is 4.08. The Hall–Kier alpha value is -4.84. The average Bonchev–Trinajstić information content (AvgIpc) is 3.34. The number of aliphatic imine (C=N–C) groups is 1. The standard InChI is InChI=1S/C28H30FN9O2/c1-27(2,3)21-14-22(38(37-21)17-9-7-6-8-10-17)34-26(40)33-19-13-16(11-12-18(19)29)23-25(39)35-24-20(32-23)15-31-28(4,30-5)36-24/h6-15,30H,1-5H3,(H2,33,34,40)(H2,35,36,39). The van der Waals surface area contributed by atoms with E-state index in [1.807, 2.05) is 51.1 Å². The van der Waals surface area contributed by atoms with Crippen LogP contribution in [0, 0.1) is 5.82 Å². The molecular formula is C28H30FN9O2. The highest BCUT2D eigenvalue weighted by Crippen LogP contribution is 2.28. The zero-order valence-electron chi connectivity index (χ0n) is 22.8.